The minimum absolute atomic E-state index is 0.0706. The van der Waals surface area contributed by atoms with Crippen molar-refractivity contribution >= 4 is 52.4 Å². The molecule has 0 bridgehead atoms. The number of rotatable bonds is 7. The first-order valence-corrected chi connectivity index (χ1v) is 10.6. The second-order valence-corrected chi connectivity index (χ2v) is 8.66. The van der Waals surface area contributed by atoms with Crippen LogP contribution in [0.3, 0.4) is 0 Å². The van der Waals surface area contributed by atoms with Crippen molar-refractivity contribution in [1.29, 1.82) is 0 Å². The fraction of sp³-hybridized carbons (Fsp3) is 0.294. The van der Waals surface area contributed by atoms with Gasteiger partial charge >= 0.3 is 0 Å². The first kappa shape index (κ1) is 17.4. The first-order chi connectivity index (χ1) is 11.7. The Hall–Kier alpha value is -1.44. The van der Waals surface area contributed by atoms with Crippen molar-refractivity contribution in [2.24, 2.45) is 0 Å². The van der Waals surface area contributed by atoms with Crippen molar-refractivity contribution in [2.75, 3.05) is 17.6 Å². The maximum Gasteiger partial charge on any atom is 0.238 e. The maximum atomic E-state index is 12.1. The third-order valence-electron chi connectivity index (χ3n) is 3.47. The molecule has 0 saturated heterocycles. The lowest BCUT2D eigenvalue weighted by Gasteiger charge is -2.23. The van der Waals surface area contributed by atoms with E-state index in [1.807, 2.05) is 30.3 Å². The van der Waals surface area contributed by atoms with Gasteiger partial charge in [-0.3, -0.25) is 9.59 Å². The summed E-state index contributed by atoms with van der Waals surface area (Å²) in [7, 11) is 0. The molecule has 1 aromatic carbocycles. The molecule has 1 aliphatic rings. The fourth-order valence-corrected chi connectivity index (χ4v) is 5.11. The molecule has 2 heterocycles. The summed E-state index contributed by atoms with van der Waals surface area (Å²) < 4.78 is 0. The Labute approximate surface area is 153 Å². The van der Waals surface area contributed by atoms with Crippen molar-refractivity contribution in [2.45, 2.75) is 22.3 Å². The molecule has 1 aromatic heterocycles. The Morgan fingerprint density at radius 1 is 1.25 bits per heavy atom. The number of fused-ring (bicyclic) bond motifs is 1. The van der Waals surface area contributed by atoms with Crippen LogP contribution in [0.4, 0.5) is 5.69 Å². The van der Waals surface area contributed by atoms with E-state index >= 15 is 0 Å². The quantitative estimate of drug-likeness (QED) is 0.723. The molecule has 4 nitrogen and oxygen atoms in total. The lowest BCUT2D eigenvalue weighted by atomic mass is 10.2. The van der Waals surface area contributed by atoms with Crippen LogP contribution < -0.4 is 10.6 Å². The zero-order chi connectivity index (χ0) is 16.8. The molecule has 0 saturated carbocycles. The van der Waals surface area contributed by atoms with Crippen LogP contribution in [-0.4, -0.2) is 29.4 Å². The number of thioether (sulfide) groups is 2. The number of para-hydroxylation sites is 1. The number of benzene rings is 1. The van der Waals surface area contributed by atoms with Crippen molar-refractivity contribution in [3.8, 4) is 0 Å². The van der Waals surface area contributed by atoms with Crippen molar-refractivity contribution < 1.29 is 9.59 Å². The van der Waals surface area contributed by atoms with Gasteiger partial charge in [0, 0.05) is 34.2 Å². The van der Waals surface area contributed by atoms with Gasteiger partial charge in [-0.2, -0.15) is 11.8 Å². The molecule has 0 radical (unpaired) electrons. The second kappa shape index (κ2) is 8.60. The normalized spacial score (nSPS) is 16.3. The highest BCUT2D eigenvalue weighted by atomic mass is 32.2. The Bertz CT molecular complexity index is 704. The van der Waals surface area contributed by atoms with Gasteiger partial charge in [0.05, 0.1) is 10.9 Å². The molecule has 0 fully saturated rings. The summed E-state index contributed by atoms with van der Waals surface area (Å²) in [5, 5.41) is 7.48. The highest BCUT2D eigenvalue weighted by Gasteiger charge is 2.28. The predicted octanol–water partition coefficient (Wildman–Crippen LogP) is 3.60. The van der Waals surface area contributed by atoms with Crippen LogP contribution in [0.2, 0.25) is 0 Å². The molecule has 2 N–H and O–H groups in total. The zero-order valence-corrected chi connectivity index (χ0v) is 15.4. The highest BCUT2D eigenvalue weighted by Crippen LogP contribution is 2.36. The molecule has 7 heteroatoms. The topological polar surface area (TPSA) is 58.2 Å². The lowest BCUT2D eigenvalue weighted by molar-refractivity contribution is -0.123. The number of thiophene rings is 1. The second-order valence-electron chi connectivity index (χ2n) is 5.28. The molecule has 0 aliphatic carbocycles. The summed E-state index contributed by atoms with van der Waals surface area (Å²) in [5.41, 5.74) is 0.828. The Balaban J connectivity index is 1.38. The first-order valence-electron chi connectivity index (χ1n) is 7.66. The molecule has 0 spiro atoms. The number of amides is 2. The molecule has 3 rings (SSSR count). The van der Waals surface area contributed by atoms with Gasteiger partial charge in [-0.05, 0) is 23.6 Å². The van der Waals surface area contributed by atoms with Crippen LogP contribution in [0.5, 0.6) is 0 Å². The molecule has 2 amide bonds. The molecule has 24 heavy (non-hydrogen) atoms. The Kier molecular flexibility index (Phi) is 6.23. The molecule has 2 aromatic rings. The van der Waals surface area contributed by atoms with E-state index in [9.17, 15) is 9.59 Å². The summed E-state index contributed by atoms with van der Waals surface area (Å²) in [6.45, 7) is 0.629. The van der Waals surface area contributed by atoms with Crippen molar-refractivity contribution in [1.82, 2.24) is 5.32 Å². The minimum atomic E-state index is -0.362. The van der Waals surface area contributed by atoms with Gasteiger partial charge in [0.2, 0.25) is 11.8 Å². The average Bonchev–Trinajstić information content (AvgIpc) is 3.08. The molecule has 0 unspecified atom stereocenters. The molecule has 1 atom stereocenters. The standard InChI is InChI=1S/C17H18N2O2S3/c20-16(18-7-9-22-11-12-4-3-8-23-12)10-15-17(21)19-13-5-1-2-6-14(13)24-15/h1-6,8,15H,7,9-11H2,(H,18,20)(H,19,21)/t15-/m0/s1. The van der Waals surface area contributed by atoms with Crippen molar-refractivity contribution in [3.63, 3.8) is 0 Å². The number of carbonyl (C=O) groups excluding carboxylic acids is 2. The maximum absolute atomic E-state index is 12.1. The van der Waals surface area contributed by atoms with Gasteiger partial charge in [0.25, 0.3) is 0 Å². The van der Waals surface area contributed by atoms with Crippen LogP contribution in [0, 0.1) is 0 Å². The molecule has 1 aliphatic heterocycles. The molecule has 126 valence electrons. The SMILES string of the molecule is O=C(C[C@@H]1Sc2ccccc2NC1=O)NCCSCc1cccs1. The summed E-state index contributed by atoms with van der Waals surface area (Å²) >= 11 is 5.01. The largest absolute Gasteiger partial charge is 0.355 e. The summed E-state index contributed by atoms with van der Waals surface area (Å²) in [4.78, 5) is 26.5. The fourth-order valence-electron chi connectivity index (χ4n) is 2.30. The predicted molar refractivity (Wildman–Crippen MR) is 103 cm³/mol. The third kappa shape index (κ3) is 4.78. The highest BCUT2D eigenvalue weighted by molar-refractivity contribution is 8.01. The monoisotopic (exact) mass is 378 g/mol. The number of nitrogens with one attached hydrogen (secondary N) is 2. The average molecular weight is 379 g/mol. The van der Waals surface area contributed by atoms with E-state index in [2.05, 4.69) is 22.1 Å². The van der Waals surface area contributed by atoms with E-state index in [1.54, 1.807) is 23.1 Å². The van der Waals surface area contributed by atoms with Gasteiger partial charge in [-0.1, -0.05) is 18.2 Å². The van der Waals surface area contributed by atoms with Crippen LogP contribution >= 0.6 is 34.9 Å². The number of hydrogen-bond donors (Lipinski definition) is 2. The Morgan fingerprint density at radius 3 is 2.96 bits per heavy atom. The van der Waals surface area contributed by atoms with Gasteiger partial charge in [0.15, 0.2) is 0 Å². The van der Waals surface area contributed by atoms with E-state index in [4.69, 9.17) is 0 Å². The minimum Gasteiger partial charge on any atom is -0.355 e. The van der Waals surface area contributed by atoms with Crippen LogP contribution in [0.1, 0.15) is 11.3 Å². The van der Waals surface area contributed by atoms with Gasteiger partial charge in [-0.25, -0.2) is 0 Å². The zero-order valence-electron chi connectivity index (χ0n) is 13.0. The van der Waals surface area contributed by atoms with Crippen LogP contribution in [-0.2, 0) is 15.3 Å². The van der Waals surface area contributed by atoms with Gasteiger partial charge in [0.1, 0.15) is 0 Å². The number of anilines is 1. The summed E-state index contributed by atoms with van der Waals surface area (Å²) in [5.74, 6) is 1.68. The van der Waals surface area contributed by atoms with Gasteiger partial charge < -0.3 is 10.6 Å². The molecular formula is C17H18N2O2S3. The lowest BCUT2D eigenvalue weighted by Crippen LogP contribution is -2.35. The number of carbonyl (C=O) groups is 2. The van der Waals surface area contributed by atoms with E-state index in [1.165, 1.54) is 16.6 Å². The van der Waals surface area contributed by atoms with E-state index < -0.39 is 0 Å². The van der Waals surface area contributed by atoms with Gasteiger partial charge in [-0.15, -0.1) is 23.1 Å². The van der Waals surface area contributed by atoms with E-state index in [0.29, 0.717) is 6.54 Å². The third-order valence-corrected chi connectivity index (χ3v) is 6.81. The Morgan fingerprint density at radius 2 is 2.12 bits per heavy atom. The van der Waals surface area contributed by atoms with Crippen LogP contribution in [0.25, 0.3) is 0 Å². The van der Waals surface area contributed by atoms with E-state index in [-0.39, 0.29) is 23.5 Å². The number of hydrogen-bond acceptors (Lipinski definition) is 5. The van der Waals surface area contributed by atoms with Crippen LogP contribution in [0.15, 0.2) is 46.7 Å². The van der Waals surface area contributed by atoms with Crippen molar-refractivity contribution in [3.05, 3.63) is 46.7 Å². The summed E-state index contributed by atoms with van der Waals surface area (Å²) in [6, 6.07) is 11.8. The summed E-state index contributed by atoms with van der Waals surface area (Å²) in [6.07, 6.45) is 0.209. The molecular weight excluding hydrogens is 360 g/mol. The van der Waals surface area contributed by atoms with E-state index in [0.717, 1.165) is 22.1 Å². The smallest absolute Gasteiger partial charge is 0.238 e.